The van der Waals surface area contributed by atoms with E-state index in [1.54, 1.807) is 0 Å². The lowest BCUT2D eigenvalue weighted by atomic mass is 9.59. The van der Waals surface area contributed by atoms with Crippen LogP contribution in [0.25, 0.3) is 58.8 Å². The lowest BCUT2D eigenvalue weighted by Crippen LogP contribution is -2.37. The van der Waals surface area contributed by atoms with Gasteiger partial charge < -0.3 is 9.88 Å². The summed E-state index contributed by atoms with van der Waals surface area (Å²) in [5.41, 5.74) is 17.2. The predicted octanol–water partition coefficient (Wildman–Crippen LogP) is 11.5. The molecule has 3 heterocycles. The second-order valence-electron chi connectivity index (χ2n) is 16.0. The molecule has 0 saturated heterocycles. The van der Waals surface area contributed by atoms with Crippen LogP contribution in [0, 0.1) is 13.8 Å². The minimum Gasteiger partial charge on any atom is -0.354 e. The first-order valence-electron chi connectivity index (χ1n) is 18.0. The molecule has 2 nitrogen and oxygen atoms in total. The van der Waals surface area contributed by atoms with Crippen molar-refractivity contribution in [3.8, 4) is 16.8 Å². The highest BCUT2D eigenvalue weighted by atomic mass is 32.1. The van der Waals surface area contributed by atoms with Crippen LogP contribution >= 0.6 is 11.3 Å². The fourth-order valence-corrected chi connectivity index (χ4v) is 10.5. The Balaban J connectivity index is 1.26. The molecule has 1 aliphatic carbocycles. The number of thiophene rings is 1. The highest BCUT2D eigenvalue weighted by Crippen LogP contribution is 2.50. The van der Waals surface area contributed by atoms with Gasteiger partial charge in [-0.2, -0.15) is 0 Å². The van der Waals surface area contributed by atoms with Crippen molar-refractivity contribution in [3.63, 3.8) is 0 Å². The smallest absolute Gasteiger partial charge is 0.197 e. The van der Waals surface area contributed by atoms with Crippen molar-refractivity contribution in [3.05, 3.63) is 125 Å². The highest BCUT2D eigenvalue weighted by molar-refractivity contribution is 7.26. The van der Waals surface area contributed by atoms with Gasteiger partial charge in [0, 0.05) is 53.4 Å². The van der Waals surface area contributed by atoms with E-state index in [-0.39, 0.29) is 10.8 Å². The van der Waals surface area contributed by atoms with E-state index >= 15 is 0 Å². The van der Waals surface area contributed by atoms with Gasteiger partial charge in [-0.05, 0) is 101 Å². The second kappa shape index (κ2) is 10.4. The number of anilines is 2. The van der Waals surface area contributed by atoms with Crippen molar-refractivity contribution in [2.75, 3.05) is 5.32 Å². The van der Waals surface area contributed by atoms with Crippen LogP contribution in [0.5, 0.6) is 0 Å². The molecule has 1 N–H and O–H groups in total. The first-order valence-corrected chi connectivity index (χ1v) is 18.8. The van der Waals surface area contributed by atoms with Gasteiger partial charge >= 0.3 is 0 Å². The minimum atomic E-state index is 0.124. The Morgan fingerprint density at radius 2 is 1.46 bits per heavy atom. The first kappa shape index (κ1) is 30.1. The number of hydrogen-bond acceptors (Lipinski definition) is 2. The largest absolute Gasteiger partial charge is 0.354 e. The first-order chi connectivity index (χ1) is 24.1. The summed E-state index contributed by atoms with van der Waals surface area (Å²) in [5.74, 6) is 0. The SMILES string of the molecule is Cc1cc(-c2ccc3sc4ccccc4c3c2Nc2ccc3c(c2C)C(C)(C)CCC3(C)C)c2c(c1)-n1c3ccccc3c3cccc(c31)[B]2. The zero-order valence-electron chi connectivity index (χ0n) is 29.7. The molecule has 2 aliphatic rings. The molecule has 0 atom stereocenters. The van der Waals surface area contributed by atoms with Crippen LogP contribution in [-0.4, -0.2) is 11.8 Å². The van der Waals surface area contributed by atoms with Crippen LogP contribution in [0.3, 0.4) is 0 Å². The summed E-state index contributed by atoms with van der Waals surface area (Å²) in [6, 6.07) is 38.8. The number of nitrogens with zero attached hydrogens (tertiary/aromatic N) is 1. The monoisotopic (exact) mass is 663 g/mol. The van der Waals surface area contributed by atoms with Gasteiger partial charge in [0.05, 0.1) is 11.2 Å². The Labute approximate surface area is 299 Å². The van der Waals surface area contributed by atoms with Crippen LogP contribution in [-0.2, 0) is 10.8 Å². The molecule has 4 heteroatoms. The molecule has 50 heavy (non-hydrogen) atoms. The third kappa shape index (κ3) is 4.15. The summed E-state index contributed by atoms with van der Waals surface area (Å²) in [5, 5.41) is 9.38. The van der Waals surface area contributed by atoms with Crippen molar-refractivity contribution in [2.45, 2.75) is 65.2 Å². The van der Waals surface area contributed by atoms with Crippen molar-refractivity contribution in [2.24, 2.45) is 0 Å². The Bertz CT molecular complexity index is 2740. The standard InChI is InChI=1S/C46H40BN2S/c1-26-24-32(42-37(25-26)49-36-16-9-7-12-28(36)30-14-11-15-34(47-42)44(30)49)29-18-21-39-40(31-13-8-10-17-38(31)50-39)43(29)48-35-20-19-33-41(27(35)2)46(5,6)23-22-45(33,3)4/h7-21,24-25,48H,22-23H2,1-6H3. The molecule has 0 saturated carbocycles. The van der Waals surface area contributed by atoms with E-state index < -0.39 is 0 Å². The fraction of sp³-hybridized carbons (Fsp3) is 0.217. The summed E-state index contributed by atoms with van der Waals surface area (Å²) >= 11 is 1.89. The summed E-state index contributed by atoms with van der Waals surface area (Å²) in [6.07, 6.45) is 2.41. The fourth-order valence-electron chi connectivity index (χ4n) is 9.38. The molecule has 6 aromatic carbocycles. The molecular weight excluding hydrogens is 623 g/mol. The number of benzene rings is 6. The van der Waals surface area contributed by atoms with Gasteiger partial charge in [-0.1, -0.05) is 106 Å². The molecule has 0 spiro atoms. The molecular formula is C46H40BN2S. The molecule has 0 fully saturated rings. The molecule has 1 aliphatic heterocycles. The minimum absolute atomic E-state index is 0.124. The number of para-hydroxylation sites is 2. The average Bonchev–Trinajstić information content (AvgIpc) is 3.65. The summed E-state index contributed by atoms with van der Waals surface area (Å²) in [4.78, 5) is 0. The Morgan fingerprint density at radius 1 is 0.700 bits per heavy atom. The molecule has 10 rings (SSSR count). The van der Waals surface area contributed by atoms with Gasteiger partial charge in [-0.3, -0.25) is 0 Å². The van der Waals surface area contributed by atoms with Crippen molar-refractivity contribution >= 4 is 82.9 Å². The van der Waals surface area contributed by atoms with E-state index in [4.69, 9.17) is 0 Å². The van der Waals surface area contributed by atoms with Gasteiger partial charge in [0.15, 0.2) is 7.28 Å². The molecule has 0 unspecified atom stereocenters. The second-order valence-corrected chi connectivity index (χ2v) is 17.1. The maximum atomic E-state index is 4.15. The van der Waals surface area contributed by atoms with E-state index in [0.717, 1.165) is 0 Å². The molecule has 8 aromatic rings. The molecule has 1 radical (unpaired) electrons. The van der Waals surface area contributed by atoms with Crippen LogP contribution in [0.1, 0.15) is 62.8 Å². The third-order valence-corrected chi connectivity index (χ3v) is 13.0. The highest BCUT2D eigenvalue weighted by Gasteiger charge is 2.38. The van der Waals surface area contributed by atoms with Crippen molar-refractivity contribution < 1.29 is 0 Å². The van der Waals surface area contributed by atoms with Crippen LogP contribution < -0.4 is 16.2 Å². The van der Waals surface area contributed by atoms with Crippen LogP contribution in [0.15, 0.2) is 103 Å². The average molecular weight is 664 g/mol. The third-order valence-electron chi connectivity index (χ3n) is 11.9. The number of rotatable bonds is 3. The van der Waals surface area contributed by atoms with E-state index in [1.807, 2.05) is 11.3 Å². The van der Waals surface area contributed by atoms with Gasteiger partial charge in [0.2, 0.25) is 0 Å². The van der Waals surface area contributed by atoms with E-state index in [0.29, 0.717) is 0 Å². The number of aromatic nitrogens is 1. The zero-order valence-corrected chi connectivity index (χ0v) is 30.5. The van der Waals surface area contributed by atoms with Gasteiger partial charge in [0.1, 0.15) is 0 Å². The Morgan fingerprint density at radius 3 is 2.32 bits per heavy atom. The van der Waals surface area contributed by atoms with E-state index in [2.05, 4.69) is 162 Å². The maximum absolute atomic E-state index is 4.15. The Hall–Kier alpha value is -4.80. The summed E-state index contributed by atoms with van der Waals surface area (Å²) in [6.45, 7) is 14.3. The molecule has 243 valence electrons. The number of nitrogens with one attached hydrogen (secondary N) is 1. The quantitative estimate of drug-likeness (QED) is 0.186. The van der Waals surface area contributed by atoms with Crippen LogP contribution in [0.4, 0.5) is 11.4 Å². The summed E-state index contributed by atoms with van der Waals surface area (Å²) < 4.78 is 5.14. The topological polar surface area (TPSA) is 17.0 Å². The molecule has 0 bridgehead atoms. The lowest BCUT2D eigenvalue weighted by molar-refractivity contribution is 0.330. The van der Waals surface area contributed by atoms with Gasteiger partial charge in [-0.15, -0.1) is 11.3 Å². The number of fused-ring (bicyclic) bond motifs is 9. The predicted molar refractivity (Wildman–Crippen MR) is 219 cm³/mol. The zero-order chi connectivity index (χ0) is 34.1. The van der Waals surface area contributed by atoms with E-state index in [1.165, 1.54) is 116 Å². The Kier molecular flexibility index (Phi) is 6.24. The lowest BCUT2D eigenvalue weighted by Gasteiger charge is -2.43. The number of hydrogen-bond donors (Lipinski definition) is 1. The van der Waals surface area contributed by atoms with Gasteiger partial charge in [0.25, 0.3) is 0 Å². The number of aryl methyl sites for hydroxylation is 1. The van der Waals surface area contributed by atoms with Gasteiger partial charge in [-0.25, -0.2) is 0 Å². The van der Waals surface area contributed by atoms with Crippen LogP contribution in [0.2, 0.25) is 0 Å². The molecule has 2 aromatic heterocycles. The van der Waals surface area contributed by atoms with Crippen molar-refractivity contribution in [1.29, 1.82) is 0 Å². The molecule has 0 amide bonds. The summed E-state index contributed by atoms with van der Waals surface area (Å²) in [7, 11) is 2.43. The normalized spacial score (nSPS) is 15.7. The van der Waals surface area contributed by atoms with Crippen molar-refractivity contribution in [1.82, 2.24) is 4.57 Å². The van der Waals surface area contributed by atoms with E-state index in [9.17, 15) is 0 Å². The maximum Gasteiger partial charge on any atom is 0.197 e.